The van der Waals surface area contributed by atoms with Crippen LogP contribution in [-0.2, 0) is 19.9 Å². The van der Waals surface area contributed by atoms with Crippen molar-refractivity contribution in [1.29, 1.82) is 0 Å². The Labute approximate surface area is 254 Å². The van der Waals surface area contributed by atoms with Crippen LogP contribution in [0.4, 0.5) is 22.4 Å². The molecule has 2 fully saturated rings. The van der Waals surface area contributed by atoms with Gasteiger partial charge in [-0.05, 0) is 69.2 Å². The van der Waals surface area contributed by atoms with Gasteiger partial charge in [0.1, 0.15) is 17.2 Å². The lowest BCUT2D eigenvalue weighted by Crippen LogP contribution is -2.60. The van der Waals surface area contributed by atoms with Gasteiger partial charge < -0.3 is 24.0 Å². The molecular weight excluding hydrogens is 592 g/mol. The Bertz CT molecular complexity index is 1340. The first-order valence-corrected chi connectivity index (χ1v) is 14.4. The predicted molar refractivity (Wildman–Crippen MR) is 153 cm³/mol. The highest BCUT2D eigenvalue weighted by atomic mass is 35.5. The molecule has 0 N–H and O–H groups in total. The van der Waals surface area contributed by atoms with E-state index in [0.29, 0.717) is 37.1 Å². The van der Waals surface area contributed by atoms with Crippen LogP contribution in [0.1, 0.15) is 57.1 Å². The lowest BCUT2D eigenvalue weighted by molar-refractivity contribution is -0.271. The molecule has 2 aliphatic heterocycles. The van der Waals surface area contributed by atoms with E-state index < -0.39 is 46.2 Å². The largest absolute Gasteiger partial charge is 0.496 e. The zero-order valence-electron chi connectivity index (χ0n) is 24.9. The van der Waals surface area contributed by atoms with Gasteiger partial charge in [-0.25, -0.2) is 9.18 Å². The van der Waals surface area contributed by atoms with Gasteiger partial charge in [0, 0.05) is 55.9 Å². The minimum Gasteiger partial charge on any atom is -0.496 e. The van der Waals surface area contributed by atoms with Crippen molar-refractivity contribution in [3.63, 3.8) is 0 Å². The summed E-state index contributed by atoms with van der Waals surface area (Å²) in [5.74, 6) is -1.75. The van der Waals surface area contributed by atoms with Crippen LogP contribution in [0.15, 0.2) is 42.5 Å². The topological polar surface area (TPSA) is 68.3 Å². The molecule has 0 radical (unpaired) electrons. The van der Waals surface area contributed by atoms with Crippen LogP contribution in [-0.4, -0.2) is 74.0 Å². The first-order valence-electron chi connectivity index (χ1n) is 14.1. The third kappa shape index (κ3) is 6.43. The first kappa shape index (κ1) is 32.9. The van der Waals surface area contributed by atoms with Gasteiger partial charge in [-0.2, -0.15) is 13.2 Å². The van der Waals surface area contributed by atoms with E-state index in [0.717, 1.165) is 13.2 Å². The molecule has 2 amide bonds. The molecule has 0 aromatic heterocycles. The van der Waals surface area contributed by atoms with Crippen molar-refractivity contribution in [3.8, 4) is 5.75 Å². The number of hydrogen-bond acceptors (Lipinski definition) is 5. The summed E-state index contributed by atoms with van der Waals surface area (Å²) >= 11 is 6.01. The smallest absolute Gasteiger partial charge is 0.430 e. The third-order valence-electron chi connectivity index (χ3n) is 8.53. The van der Waals surface area contributed by atoms with Crippen LogP contribution in [0.25, 0.3) is 0 Å². The van der Waals surface area contributed by atoms with Gasteiger partial charge in [0.2, 0.25) is 0 Å². The first-order chi connectivity index (χ1) is 20.1. The zero-order chi connectivity index (χ0) is 31.8. The molecule has 4 rings (SSSR count). The van der Waals surface area contributed by atoms with Crippen LogP contribution in [0.5, 0.6) is 5.75 Å². The Hall–Kier alpha value is -3.05. The van der Waals surface area contributed by atoms with Gasteiger partial charge in [0.15, 0.2) is 0 Å². The summed E-state index contributed by atoms with van der Waals surface area (Å²) in [5, 5.41) is 0.0430. The van der Waals surface area contributed by atoms with Gasteiger partial charge in [-0.3, -0.25) is 4.79 Å². The maximum absolute atomic E-state index is 14.7. The summed E-state index contributed by atoms with van der Waals surface area (Å²) in [6, 6.07) is 9.24. The van der Waals surface area contributed by atoms with E-state index in [1.807, 2.05) is 0 Å². The highest BCUT2D eigenvalue weighted by Gasteiger charge is 2.64. The minimum absolute atomic E-state index is 0.0209. The molecule has 12 heteroatoms. The van der Waals surface area contributed by atoms with Gasteiger partial charge in [-0.15, -0.1) is 0 Å². The van der Waals surface area contributed by atoms with E-state index in [1.165, 1.54) is 42.3 Å². The van der Waals surface area contributed by atoms with Gasteiger partial charge in [-0.1, -0.05) is 29.8 Å². The lowest BCUT2D eigenvalue weighted by Gasteiger charge is -2.52. The van der Waals surface area contributed by atoms with E-state index >= 15 is 0 Å². The molecule has 2 heterocycles. The number of likely N-dealkylation sites (tertiary alicyclic amines) is 2. The number of amides is 2. The summed E-state index contributed by atoms with van der Waals surface area (Å²) in [5.41, 5.74) is -4.18. The minimum atomic E-state index is -5.07. The molecule has 2 aliphatic rings. The van der Waals surface area contributed by atoms with Crippen molar-refractivity contribution in [2.45, 2.75) is 63.3 Å². The molecule has 0 bridgehead atoms. The SMILES string of the molecule is COc1cc(F)ccc1C1CN(C(=O)OC(C)(C)C)CCC12CCN(C(=O)C(OC)(c1cccc(Cl)c1)C(F)(F)F)CC2. The molecular formula is C31H37ClF4N2O5. The average Bonchev–Trinajstić information content (AvgIpc) is 2.93. The second kappa shape index (κ2) is 12.1. The Morgan fingerprint density at radius 3 is 2.12 bits per heavy atom. The molecule has 2 saturated heterocycles. The number of ether oxygens (including phenoxy) is 3. The van der Waals surface area contributed by atoms with Crippen LogP contribution in [0.3, 0.4) is 0 Å². The number of methoxy groups -OCH3 is 2. The zero-order valence-corrected chi connectivity index (χ0v) is 25.6. The van der Waals surface area contributed by atoms with Crippen molar-refractivity contribution >= 4 is 23.6 Å². The van der Waals surface area contributed by atoms with Crippen LogP contribution < -0.4 is 4.74 Å². The quantitative estimate of drug-likeness (QED) is 0.336. The Morgan fingerprint density at radius 1 is 0.953 bits per heavy atom. The monoisotopic (exact) mass is 628 g/mol. The number of benzene rings is 2. The molecule has 1 spiro atoms. The molecule has 2 unspecified atom stereocenters. The molecule has 0 aliphatic carbocycles. The molecule has 2 aromatic rings. The number of nitrogens with zero attached hydrogens (tertiary/aromatic N) is 2. The van der Waals surface area contributed by atoms with Crippen molar-refractivity contribution in [1.82, 2.24) is 9.80 Å². The molecule has 0 saturated carbocycles. The maximum Gasteiger partial charge on any atom is 0.430 e. The van der Waals surface area contributed by atoms with E-state index in [4.69, 9.17) is 25.8 Å². The Kier molecular flexibility index (Phi) is 9.28. The standard InChI is InChI=1S/C31H37ClF4N2O5/c1-28(2,3)43-27(40)38-16-13-29(24(19-38)23-10-9-22(33)18-25(23)41-4)11-14-37(15-12-29)26(39)30(42-5,31(34,35)36)20-7-6-8-21(32)17-20/h6-10,17-18,24H,11-16,19H2,1-5H3. The summed E-state index contributed by atoms with van der Waals surface area (Å²) in [7, 11) is 2.29. The lowest BCUT2D eigenvalue weighted by atomic mass is 9.62. The van der Waals surface area contributed by atoms with Crippen molar-refractivity contribution in [3.05, 3.63) is 64.4 Å². The summed E-state index contributed by atoms with van der Waals surface area (Å²) < 4.78 is 74.3. The van der Waals surface area contributed by atoms with E-state index in [2.05, 4.69) is 0 Å². The number of hydrogen-bond donors (Lipinski definition) is 0. The molecule has 2 atom stereocenters. The Morgan fingerprint density at radius 2 is 1.58 bits per heavy atom. The third-order valence-corrected chi connectivity index (χ3v) is 8.76. The van der Waals surface area contributed by atoms with Gasteiger partial charge >= 0.3 is 12.3 Å². The summed E-state index contributed by atoms with van der Waals surface area (Å²) in [4.78, 5) is 29.6. The molecule has 43 heavy (non-hydrogen) atoms. The summed E-state index contributed by atoms with van der Waals surface area (Å²) in [6.07, 6.45) is -4.36. The number of halogens is 5. The molecule has 7 nitrogen and oxygen atoms in total. The number of carbonyl (C=O) groups excluding carboxylic acids is 2. The van der Waals surface area contributed by atoms with E-state index in [9.17, 15) is 27.2 Å². The fourth-order valence-electron chi connectivity index (χ4n) is 6.34. The van der Waals surface area contributed by atoms with Crippen LogP contribution in [0, 0.1) is 11.2 Å². The number of carbonyl (C=O) groups is 2. The van der Waals surface area contributed by atoms with Gasteiger partial charge in [0.05, 0.1) is 7.11 Å². The molecule has 2 aromatic carbocycles. The number of alkyl halides is 3. The van der Waals surface area contributed by atoms with Crippen LogP contribution in [0.2, 0.25) is 5.02 Å². The second-order valence-corrected chi connectivity index (χ2v) is 12.6. The van der Waals surface area contributed by atoms with Crippen molar-refractivity contribution in [2.24, 2.45) is 5.41 Å². The number of piperidine rings is 2. The average molecular weight is 629 g/mol. The summed E-state index contributed by atoms with van der Waals surface area (Å²) in [6.45, 7) is 5.95. The van der Waals surface area contributed by atoms with Gasteiger partial charge in [0.25, 0.3) is 11.5 Å². The Balaban J connectivity index is 1.66. The normalized spacial score (nSPS) is 20.5. The second-order valence-electron chi connectivity index (χ2n) is 12.2. The van der Waals surface area contributed by atoms with Crippen molar-refractivity contribution in [2.75, 3.05) is 40.4 Å². The predicted octanol–water partition coefficient (Wildman–Crippen LogP) is 6.93. The van der Waals surface area contributed by atoms with Crippen molar-refractivity contribution < 1.29 is 41.4 Å². The highest BCUT2D eigenvalue weighted by Crippen LogP contribution is 2.53. The highest BCUT2D eigenvalue weighted by molar-refractivity contribution is 6.30. The number of rotatable bonds is 5. The fourth-order valence-corrected chi connectivity index (χ4v) is 6.53. The fraction of sp³-hybridized carbons (Fsp3) is 0.548. The van der Waals surface area contributed by atoms with Crippen LogP contribution >= 0.6 is 11.6 Å². The molecule has 236 valence electrons. The van der Waals surface area contributed by atoms with E-state index in [1.54, 1.807) is 31.7 Å². The maximum atomic E-state index is 14.7. The van der Waals surface area contributed by atoms with E-state index in [-0.39, 0.29) is 30.6 Å².